The molecule has 94 valence electrons. The first kappa shape index (κ1) is 12.0. The maximum atomic E-state index is 13.0. The van der Waals surface area contributed by atoms with Crippen molar-refractivity contribution in [1.29, 1.82) is 0 Å². The minimum absolute atomic E-state index is 0.0567. The normalized spacial score (nSPS) is 10.2. The van der Waals surface area contributed by atoms with Gasteiger partial charge in [-0.25, -0.2) is 8.78 Å². The van der Waals surface area contributed by atoms with Crippen molar-refractivity contribution in [3.8, 4) is 0 Å². The highest BCUT2D eigenvalue weighted by atomic mass is 19.1. The molecule has 0 radical (unpaired) electrons. The van der Waals surface area contributed by atoms with Crippen LogP contribution in [0.25, 0.3) is 0 Å². The first-order valence-corrected chi connectivity index (χ1v) is 5.12. The molecule has 5 nitrogen and oxygen atoms in total. The van der Waals surface area contributed by atoms with Crippen molar-refractivity contribution in [3.05, 3.63) is 35.9 Å². The average Bonchev–Trinajstić information content (AvgIpc) is 2.26. The number of hydrogen-bond donors (Lipinski definition) is 3. The SMILES string of the molecule is CNc1cc(Nc2cc(F)cc(F)c2)nc(N)n1. The zero-order valence-electron chi connectivity index (χ0n) is 9.54. The van der Waals surface area contributed by atoms with E-state index in [1.54, 1.807) is 13.1 Å². The van der Waals surface area contributed by atoms with E-state index >= 15 is 0 Å². The van der Waals surface area contributed by atoms with Crippen LogP contribution >= 0.6 is 0 Å². The fourth-order valence-electron chi connectivity index (χ4n) is 1.43. The third-order valence-electron chi connectivity index (χ3n) is 2.13. The van der Waals surface area contributed by atoms with Gasteiger partial charge >= 0.3 is 0 Å². The monoisotopic (exact) mass is 251 g/mol. The van der Waals surface area contributed by atoms with Crippen LogP contribution in [0.4, 0.5) is 32.1 Å². The van der Waals surface area contributed by atoms with Crippen LogP contribution in [0.15, 0.2) is 24.3 Å². The summed E-state index contributed by atoms with van der Waals surface area (Å²) in [6.45, 7) is 0. The van der Waals surface area contributed by atoms with E-state index in [0.717, 1.165) is 18.2 Å². The summed E-state index contributed by atoms with van der Waals surface area (Å²) in [6, 6.07) is 4.67. The summed E-state index contributed by atoms with van der Waals surface area (Å²) >= 11 is 0. The molecule has 1 heterocycles. The summed E-state index contributed by atoms with van der Waals surface area (Å²) in [4.78, 5) is 7.80. The van der Waals surface area contributed by atoms with Crippen LogP contribution in [-0.2, 0) is 0 Å². The lowest BCUT2D eigenvalue weighted by atomic mass is 10.3. The van der Waals surface area contributed by atoms with E-state index in [1.165, 1.54) is 0 Å². The third kappa shape index (κ3) is 2.82. The lowest BCUT2D eigenvalue weighted by molar-refractivity contribution is 0.584. The Morgan fingerprint density at radius 2 is 1.61 bits per heavy atom. The highest BCUT2D eigenvalue weighted by molar-refractivity contribution is 5.60. The van der Waals surface area contributed by atoms with E-state index < -0.39 is 11.6 Å². The number of anilines is 4. The van der Waals surface area contributed by atoms with Gasteiger partial charge in [0.1, 0.15) is 23.3 Å². The molecule has 18 heavy (non-hydrogen) atoms. The zero-order chi connectivity index (χ0) is 13.1. The van der Waals surface area contributed by atoms with Crippen LogP contribution in [0.2, 0.25) is 0 Å². The summed E-state index contributed by atoms with van der Waals surface area (Å²) in [6.07, 6.45) is 0. The number of nitrogens with one attached hydrogen (secondary N) is 2. The molecule has 0 saturated heterocycles. The molecule has 0 saturated carbocycles. The molecule has 4 N–H and O–H groups in total. The Hall–Kier alpha value is -2.44. The fraction of sp³-hybridized carbons (Fsp3) is 0.0909. The van der Waals surface area contributed by atoms with Gasteiger partial charge in [-0.1, -0.05) is 0 Å². The second kappa shape index (κ2) is 4.82. The maximum Gasteiger partial charge on any atom is 0.223 e. The van der Waals surface area contributed by atoms with Crippen LogP contribution in [0.5, 0.6) is 0 Å². The van der Waals surface area contributed by atoms with Gasteiger partial charge in [0.05, 0.1) is 0 Å². The third-order valence-corrected chi connectivity index (χ3v) is 2.13. The smallest absolute Gasteiger partial charge is 0.223 e. The predicted octanol–water partition coefficient (Wildman–Crippen LogP) is 2.12. The predicted molar refractivity (Wildman–Crippen MR) is 65.6 cm³/mol. The van der Waals surface area contributed by atoms with E-state index in [9.17, 15) is 8.78 Å². The van der Waals surface area contributed by atoms with Gasteiger partial charge in [0.25, 0.3) is 0 Å². The van der Waals surface area contributed by atoms with Crippen LogP contribution in [0, 0.1) is 11.6 Å². The van der Waals surface area contributed by atoms with Gasteiger partial charge in [-0.05, 0) is 12.1 Å². The number of nitrogens with zero attached hydrogens (tertiary/aromatic N) is 2. The Kier molecular flexibility index (Phi) is 3.22. The molecule has 0 unspecified atom stereocenters. The molecule has 2 rings (SSSR count). The van der Waals surface area contributed by atoms with Crippen molar-refractivity contribution in [2.24, 2.45) is 0 Å². The Morgan fingerprint density at radius 3 is 2.22 bits per heavy atom. The Morgan fingerprint density at radius 1 is 1.00 bits per heavy atom. The van der Waals surface area contributed by atoms with Crippen LogP contribution < -0.4 is 16.4 Å². The Balaban J connectivity index is 2.30. The molecule has 7 heteroatoms. The van der Waals surface area contributed by atoms with E-state index in [2.05, 4.69) is 20.6 Å². The molecule has 0 atom stereocenters. The van der Waals surface area contributed by atoms with Gasteiger partial charge in [0, 0.05) is 24.9 Å². The number of nitrogens with two attached hydrogens (primary N) is 1. The molecular formula is C11H11F2N5. The standard InChI is InChI=1S/C11H11F2N5/c1-15-9-5-10(18-11(14)17-9)16-8-3-6(12)2-7(13)4-8/h2-5H,1H3,(H4,14,15,16,17,18). The molecule has 1 aromatic heterocycles. The second-order valence-electron chi connectivity index (χ2n) is 3.53. The van der Waals surface area contributed by atoms with E-state index in [-0.39, 0.29) is 11.6 Å². The lowest BCUT2D eigenvalue weighted by Gasteiger charge is -2.08. The number of halogens is 2. The van der Waals surface area contributed by atoms with Crippen molar-refractivity contribution in [2.75, 3.05) is 23.4 Å². The number of rotatable bonds is 3. The van der Waals surface area contributed by atoms with Crippen molar-refractivity contribution in [1.82, 2.24) is 9.97 Å². The van der Waals surface area contributed by atoms with Gasteiger partial charge in [-0.3, -0.25) is 0 Å². The molecule has 2 aromatic rings. The summed E-state index contributed by atoms with van der Waals surface area (Å²) in [7, 11) is 1.67. The van der Waals surface area contributed by atoms with Crippen LogP contribution in [0.3, 0.4) is 0 Å². The zero-order valence-corrected chi connectivity index (χ0v) is 9.54. The van der Waals surface area contributed by atoms with Gasteiger partial charge < -0.3 is 16.4 Å². The lowest BCUT2D eigenvalue weighted by Crippen LogP contribution is -2.03. The van der Waals surface area contributed by atoms with E-state index in [0.29, 0.717) is 11.6 Å². The molecule has 0 spiro atoms. The molecule has 0 aliphatic carbocycles. The van der Waals surface area contributed by atoms with Gasteiger partial charge in [-0.15, -0.1) is 0 Å². The summed E-state index contributed by atoms with van der Waals surface area (Å²) in [5, 5.41) is 5.55. The molecule has 0 fully saturated rings. The highest BCUT2D eigenvalue weighted by Gasteiger charge is 2.04. The van der Waals surface area contributed by atoms with Gasteiger partial charge in [-0.2, -0.15) is 9.97 Å². The van der Waals surface area contributed by atoms with Crippen molar-refractivity contribution in [2.45, 2.75) is 0 Å². The number of benzene rings is 1. The fourth-order valence-corrected chi connectivity index (χ4v) is 1.43. The van der Waals surface area contributed by atoms with Gasteiger partial charge in [0.2, 0.25) is 5.95 Å². The highest BCUT2D eigenvalue weighted by Crippen LogP contribution is 2.19. The number of hydrogen-bond acceptors (Lipinski definition) is 5. The summed E-state index contributed by atoms with van der Waals surface area (Å²) in [5.74, 6) is -0.443. The maximum absolute atomic E-state index is 13.0. The Bertz CT molecular complexity index is 553. The summed E-state index contributed by atoms with van der Waals surface area (Å²) < 4.78 is 26.0. The Labute approximate surface area is 102 Å². The largest absolute Gasteiger partial charge is 0.373 e. The average molecular weight is 251 g/mol. The van der Waals surface area contributed by atoms with Crippen molar-refractivity contribution >= 4 is 23.3 Å². The molecule has 0 amide bonds. The van der Waals surface area contributed by atoms with Crippen LogP contribution in [-0.4, -0.2) is 17.0 Å². The van der Waals surface area contributed by atoms with E-state index in [4.69, 9.17) is 5.73 Å². The molecular weight excluding hydrogens is 240 g/mol. The first-order chi connectivity index (χ1) is 8.56. The second-order valence-corrected chi connectivity index (χ2v) is 3.53. The number of aromatic nitrogens is 2. The molecule has 0 bridgehead atoms. The first-order valence-electron chi connectivity index (χ1n) is 5.12. The van der Waals surface area contributed by atoms with Crippen molar-refractivity contribution < 1.29 is 8.78 Å². The van der Waals surface area contributed by atoms with Gasteiger partial charge in [0.15, 0.2) is 0 Å². The van der Waals surface area contributed by atoms with Crippen molar-refractivity contribution in [3.63, 3.8) is 0 Å². The topological polar surface area (TPSA) is 75.9 Å². The minimum Gasteiger partial charge on any atom is -0.373 e. The molecule has 0 aliphatic rings. The van der Waals surface area contributed by atoms with Crippen LogP contribution in [0.1, 0.15) is 0 Å². The molecule has 0 aliphatic heterocycles. The molecule has 1 aromatic carbocycles. The minimum atomic E-state index is -0.673. The quantitative estimate of drug-likeness (QED) is 0.779. The van der Waals surface area contributed by atoms with E-state index in [1.807, 2.05) is 0 Å². The summed E-state index contributed by atoms with van der Waals surface area (Å²) in [5.41, 5.74) is 5.74. The number of nitrogen functional groups attached to an aromatic ring is 1.